The smallest absolute Gasteiger partial charge is 0.481 e. The van der Waals surface area contributed by atoms with Gasteiger partial charge < -0.3 is 54.5 Å². The van der Waals surface area contributed by atoms with Crippen LogP contribution in [0.4, 0.5) is 59.4 Å². The molecule has 3 aliphatic heterocycles. The number of nitrogens with zero attached hydrogens (tertiary/aromatic N) is 7. The van der Waals surface area contributed by atoms with Crippen LogP contribution in [0.1, 0.15) is 126 Å². The van der Waals surface area contributed by atoms with Gasteiger partial charge in [0.2, 0.25) is 11.9 Å². The van der Waals surface area contributed by atoms with Gasteiger partial charge in [-0.15, -0.1) is 0 Å². The summed E-state index contributed by atoms with van der Waals surface area (Å²) in [6.07, 6.45) is -16.1. The lowest BCUT2D eigenvalue weighted by Crippen LogP contribution is -2.62. The van der Waals surface area contributed by atoms with Crippen LogP contribution in [-0.4, -0.2) is 199 Å². The van der Waals surface area contributed by atoms with Crippen LogP contribution in [0.15, 0.2) is 73.2 Å². The van der Waals surface area contributed by atoms with Crippen LogP contribution >= 0.6 is 7.82 Å². The van der Waals surface area contributed by atoms with Crippen LogP contribution < -0.4 is 30.8 Å². The van der Waals surface area contributed by atoms with Gasteiger partial charge in [0.1, 0.15) is 35.6 Å². The third-order valence-corrected chi connectivity index (χ3v) is 20.0. The minimum absolute atomic E-state index is 0.117. The van der Waals surface area contributed by atoms with E-state index < -0.39 is 207 Å². The number of fused-ring (bicyclic) bond motifs is 2. The molecule has 5 heterocycles. The number of nitrogens with one attached hydrogen (secondary N) is 4. The summed E-state index contributed by atoms with van der Waals surface area (Å²) in [7, 11) is -4.17. The van der Waals surface area contributed by atoms with Gasteiger partial charge in [0, 0.05) is 96.4 Å². The van der Waals surface area contributed by atoms with Crippen molar-refractivity contribution in [3.8, 4) is 28.8 Å². The second-order valence-corrected chi connectivity index (χ2v) is 30.4. The van der Waals surface area contributed by atoms with E-state index in [1.54, 1.807) is 5.32 Å². The molecule has 0 spiro atoms. The number of methoxy groups -OCH3 is 2. The standard InChI is InChI=1S/C72H84F10N11O18P/c1-38-20-44(26-56(95)85-45(27-57(96)97)28-58(98)99)60(54(21-38)111-112(104,105)106)68(2,3)29-59(100)110-55(35-91(89-63(101)62(87-67(103)108-9)70(6,7)72(80,81)82)34-49-50(73)23-42(24-51(49)74)52-18-19-92(88-52)64(75)76)43(25-53(94)61(86-66(102)107-8)69(4,5)71(77,78)79)22-40-13-10-39(11-14-40)12-15-41-30-83-65(84-31-41)90-32-46-16-17-47(33-90)93(46)48-36-109-37-48/h10-11,13-14,18-21,23-24,30-31,43,45-48,55,61-62,64H,16-17,22,25-29,32-37H2,1-9H3,(H,85,95)(H,86,102)(H,87,103)(H,89,101)(H,96,97)(H,98,99)(H2,104,105,106)/t43-,46?,47?,55+,61-,62-/m1/s1. The number of hydrogen-bond donors (Lipinski definition) is 8. The molecule has 2 unspecified atom stereocenters. The molecule has 2 aromatic heterocycles. The van der Waals surface area contributed by atoms with E-state index in [2.05, 4.69) is 56.9 Å². The Morgan fingerprint density at radius 3 is 1.80 bits per heavy atom. The zero-order chi connectivity index (χ0) is 82.9. The number of amides is 4. The van der Waals surface area contributed by atoms with E-state index in [4.69, 9.17) is 14.0 Å². The first kappa shape index (κ1) is 87.6. The van der Waals surface area contributed by atoms with Crippen molar-refractivity contribution in [3.63, 3.8) is 0 Å². The first-order valence-electron chi connectivity index (χ1n) is 34.7. The van der Waals surface area contributed by atoms with Crippen molar-refractivity contribution in [2.45, 2.75) is 173 Å². The molecular weight excluding hydrogens is 1530 g/mol. The van der Waals surface area contributed by atoms with Crippen molar-refractivity contribution in [1.29, 1.82) is 0 Å². The van der Waals surface area contributed by atoms with E-state index in [0.717, 1.165) is 38.3 Å². The van der Waals surface area contributed by atoms with Crippen molar-refractivity contribution < 1.29 is 130 Å². The van der Waals surface area contributed by atoms with E-state index >= 15 is 44.7 Å². The molecule has 2 bridgehead atoms. The molecule has 29 nitrogen and oxygen atoms in total. The fourth-order valence-electron chi connectivity index (χ4n) is 13.6. The molecule has 40 heteroatoms. The number of hydrazine groups is 1. The minimum atomic E-state index is -5.65. The topological polar surface area (TPSA) is 382 Å². The normalized spacial score (nSPS) is 16.8. The fourth-order valence-corrected chi connectivity index (χ4v) is 14.0. The Morgan fingerprint density at radius 2 is 1.29 bits per heavy atom. The molecule has 0 aliphatic carbocycles. The second kappa shape index (κ2) is 35.8. The van der Waals surface area contributed by atoms with Gasteiger partial charge in [-0.25, -0.2) is 42.6 Å². The van der Waals surface area contributed by atoms with Gasteiger partial charge in [0.05, 0.1) is 87.8 Å². The Morgan fingerprint density at radius 1 is 0.741 bits per heavy atom. The molecular formula is C72H84F10N11O18P. The van der Waals surface area contributed by atoms with Gasteiger partial charge in [0.25, 0.3) is 5.91 Å². The van der Waals surface area contributed by atoms with Crippen LogP contribution in [0, 0.1) is 47.1 Å². The predicted molar refractivity (Wildman–Crippen MR) is 374 cm³/mol. The van der Waals surface area contributed by atoms with Crippen molar-refractivity contribution in [2.75, 3.05) is 52.0 Å². The summed E-state index contributed by atoms with van der Waals surface area (Å²) < 4.78 is 191. The molecule has 0 saturated carbocycles. The molecule has 0 radical (unpaired) electrons. The molecule has 4 amide bonds. The summed E-state index contributed by atoms with van der Waals surface area (Å²) in [6, 6.07) is 4.15. The molecule has 3 aromatic carbocycles. The van der Waals surface area contributed by atoms with Crippen molar-refractivity contribution in [3.05, 3.63) is 124 Å². The van der Waals surface area contributed by atoms with Gasteiger partial charge >= 0.3 is 56.8 Å². The maximum Gasteiger partial charge on any atom is 0.524 e. The quantitative estimate of drug-likeness (QED) is 0.00485. The number of anilines is 1. The number of ether oxygens (including phenoxy) is 4. The molecule has 112 heavy (non-hydrogen) atoms. The van der Waals surface area contributed by atoms with E-state index in [1.807, 2.05) is 5.32 Å². The van der Waals surface area contributed by atoms with E-state index in [0.29, 0.717) is 113 Å². The summed E-state index contributed by atoms with van der Waals surface area (Å²) in [5.74, 6) is -8.31. The number of hydrogen-bond acceptors (Lipinski definition) is 20. The van der Waals surface area contributed by atoms with Crippen LogP contribution in [0.2, 0.25) is 0 Å². The number of halogens is 10. The average Bonchev–Trinajstić information content (AvgIpc) is 1.10. The number of alkyl halides is 8. The number of phosphoric ester groups is 1. The summed E-state index contributed by atoms with van der Waals surface area (Å²) in [5.41, 5.74) is -8.15. The molecule has 5 aromatic rings. The second-order valence-electron chi connectivity index (χ2n) is 29.2. The molecule has 8 rings (SSSR count). The molecule has 6 atom stereocenters. The first-order valence-corrected chi connectivity index (χ1v) is 36.3. The van der Waals surface area contributed by atoms with Gasteiger partial charge in [-0.05, 0) is 107 Å². The highest BCUT2D eigenvalue weighted by atomic mass is 31.2. The Bertz CT molecular complexity index is 4340. The van der Waals surface area contributed by atoms with Crippen LogP contribution in [-0.2, 0) is 77.1 Å². The maximum atomic E-state index is 16.9. The summed E-state index contributed by atoms with van der Waals surface area (Å²) in [6.45, 7) is 2.61. The molecule has 8 N–H and O–H groups in total. The van der Waals surface area contributed by atoms with Crippen LogP contribution in [0.25, 0.3) is 11.3 Å². The van der Waals surface area contributed by atoms with Crippen LogP contribution in [0.5, 0.6) is 5.75 Å². The van der Waals surface area contributed by atoms with Gasteiger partial charge in [-0.3, -0.25) is 48.9 Å². The van der Waals surface area contributed by atoms with Gasteiger partial charge in [-0.1, -0.05) is 43.9 Å². The number of piperazine rings is 1. The van der Waals surface area contributed by atoms with Crippen molar-refractivity contribution >= 4 is 61.5 Å². The number of carbonyl (C=O) groups is 8. The highest BCUT2D eigenvalue weighted by Gasteiger charge is 2.58. The third-order valence-electron chi connectivity index (χ3n) is 19.6. The SMILES string of the molecule is COC(=O)N[C@H](C(=O)C[C@@H](Cc1ccc(C#Cc2cnc(N3CC4CCC(C3)N4C3COC3)nc2)cc1)[C@H](CN(Cc1c(F)cc(-c2ccn(C(F)F)n2)cc1F)NC(=O)[C@@H](NC(=O)OC)C(C)(C)C(F)(F)F)OC(=O)CC(C)(C)c1c(CC(=O)NC(CC(=O)O)CC(=O)O)cc(C)cc1OP(=O)(O)O)C(C)(C)C(F)(F)F. The number of carbonyl (C=O) groups excluding carboxylic acids is 6. The number of alkyl carbamates (subject to hydrolysis) is 2. The average molecular weight is 1610 g/mol. The number of carboxylic acid groups (broad SMARTS) is 2. The van der Waals surface area contributed by atoms with Crippen LogP contribution in [0.3, 0.4) is 0 Å². The number of carboxylic acids is 2. The Kier molecular flexibility index (Phi) is 28.0. The van der Waals surface area contributed by atoms with E-state index in [9.17, 15) is 62.1 Å². The molecule has 3 saturated heterocycles. The number of esters is 1. The minimum Gasteiger partial charge on any atom is -0.481 e. The largest absolute Gasteiger partial charge is 0.524 e. The number of Topliss-reactive ketones (excluding diaryl/α,β-unsaturated/α-hetero) is 1. The van der Waals surface area contributed by atoms with E-state index in [-0.39, 0.29) is 26.9 Å². The highest BCUT2D eigenvalue weighted by molar-refractivity contribution is 7.46. The number of aryl methyl sites for hydroxylation is 1. The Labute approximate surface area is 635 Å². The summed E-state index contributed by atoms with van der Waals surface area (Å²) >= 11 is 0. The predicted octanol–water partition coefficient (Wildman–Crippen LogP) is 8.78. The van der Waals surface area contributed by atoms with Crippen molar-refractivity contribution in [2.24, 2.45) is 16.7 Å². The number of rotatable bonds is 33. The molecule has 610 valence electrons. The molecule has 3 fully saturated rings. The number of ketones is 1. The van der Waals surface area contributed by atoms with Gasteiger partial charge in [-0.2, -0.15) is 40.2 Å². The first-order chi connectivity index (χ1) is 52.2. The number of aromatic nitrogens is 4. The summed E-state index contributed by atoms with van der Waals surface area (Å²) in [4.78, 5) is 143. The molecule has 3 aliphatic rings. The lowest BCUT2D eigenvalue weighted by Gasteiger charge is -2.47. The van der Waals surface area contributed by atoms with Crippen molar-refractivity contribution in [1.82, 2.24) is 51.0 Å². The Hall–Kier alpha value is -10.0. The fraction of sp³-hybridized carbons (Fsp3) is 0.514. The summed E-state index contributed by atoms with van der Waals surface area (Å²) in [5, 5.41) is 29.1. The number of aliphatic carboxylic acids is 2. The zero-order valence-electron chi connectivity index (χ0n) is 61.9. The zero-order valence-corrected chi connectivity index (χ0v) is 62.8. The number of benzene rings is 3. The van der Waals surface area contributed by atoms with Gasteiger partial charge in [0.15, 0.2) is 5.78 Å². The van der Waals surface area contributed by atoms with E-state index in [1.165, 1.54) is 63.5 Å². The number of phosphoric acid groups is 1. The highest BCUT2D eigenvalue weighted by Crippen LogP contribution is 2.47. The lowest BCUT2D eigenvalue weighted by atomic mass is 9.77. The monoisotopic (exact) mass is 1610 g/mol. The lowest BCUT2D eigenvalue weighted by molar-refractivity contribution is -0.221. The third kappa shape index (κ3) is 22.4. The maximum absolute atomic E-state index is 16.9. The Balaban J connectivity index is 1.28.